The van der Waals surface area contributed by atoms with Gasteiger partial charge < -0.3 is 0 Å². The molecule has 1 unspecified atom stereocenters. The molecule has 2 rings (SSSR count). The van der Waals surface area contributed by atoms with E-state index in [9.17, 15) is 0 Å². The number of halogens is 3. The van der Waals surface area contributed by atoms with Crippen molar-refractivity contribution < 1.29 is 0 Å². The Hall–Kier alpha value is 0.460. The highest BCUT2D eigenvalue weighted by Gasteiger charge is 2.17. The summed E-state index contributed by atoms with van der Waals surface area (Å²) < 4.78 is 1.97. The minimum Gasteiger partial charge on any atom is -0.131 e. The summed E-state index contributed by atoms with van der Waals surface area (Å²) in [6, 6.07) is 4.18. The maximum atomic E-state index is 6.44. The fourth-order valence-electron chi connectivity index (χ4n) is 1.36. The maximum Gasteiger partial charge on any atom is 0.102 e. The third kappa shape index (κ3) is 2.49. The minimum atomic E-state index is -0.0915. The lowest BCUT2D eigenvalue weighted by molar-refractivity contribution is 1.23. The van der Waals surface area contributed by atoms with Crippen molar-refractivity contribution in [1.29, 1.82) is 0 Å². The Morgan fingerprint density at radius 3 is 2.12 bits per heavy atom. The standard InChI is InChI=1S/C11H9BrCl2S2/c1-5-3-7(15-10(5)12)9(13)8-4-6(2)11(14)16-8/h3-4,9H,1-2H3. The normalized spacial score (nSPS) is 13.1. The van der Waals surface area contributed by atoms with Gasteiger partial charge in [0, 0.05) is 9.75 Å². The van der Waals surface area contributed by atoms with Gasteiger partial charge in [0.05, 0.1) is 8.12 Å². The molecule has 0 N–H and O–H groups in total. The number of thiophene rings is 2. The van der Waals surface area contributed by atoms with Gasteiger partial charge in [-0.05, 0) is 53.0 Å². The highest BCUT2D eigenvalue weighted by molar-refractivity contribution is 9.11. The second-order valence-electron chi connectivity index (χ2n) is 3.57. The van der Waals surface area contributed by atoms with Crippen molar-refractivity contribution in [2.75, 3.05) is 0 Å². The molecular formula is C11H9BrCl2S2. The van der Waals surface area contributed by atoms with Crippen LogP contribution in [0.3, 0.4) is 0 Å². The number of rotatable bonds is 2. The van der Waals surface area contributed by atoms with Crippen LogP contribution >= 0.6 is 61.8 Å². The number of hydrogen-bond acceptors (Lipinski definition) is 2. The molecule has 0 saturated heterocycles. The fraction of sp³-hybridized carbons (Fsp3) is 0.273. The molecular weight excluding hydrogens is 347 g/mol. The fourth-order valence-corrected chi connectivity index (χ4v) is 4.61. The molecule has 2 aromatic rings. The van der Waals surface area contributed by atoms with Crippen molar-refractivity contribution in [3.8, 4) is 0 Å². The summed E-state index contributed by atoms with van der Waals surface area (Å²) in [5, 5.41) is -0.0915. The highest BCUT2D eigenvalue weighted by Crippen LogP contribution is 2.42. The molecule has 0 aromatic carbocycles. The zero-order valence-corrected chi connectivity index (χ0v) is 13.4. The molecule has 16 heavy (non-hydrogen) atoms. The summed E-state index contributed by atoms with van der Waals surface area (Å²) in [5.74, 6) is 0. The summed E-state index contributed by atoms with van der Waals surface area (Å²) in [5.41, 5.74) is 2.32. The van der Waals surface area contributed by atoms with Crippen LogP contribution in [0.1, 0.15) is 26.3 Å². The third-order valence-electron chi connectivity index (χ3n) is 2.25. The van der Waals surface area contributed by atoms with E-state index < -0.39 is 0 Å². The molecule has 0 amide bonds. The van der Waals surface area contributed by atoms with Gasteiger partial charge in [-0.25, -0.2) is 0 Å². The first-order valence-corrected chi connectivity index (χ1v) is 7.89. The van der Waals surface area contributed by atoms with Crippen LogP contribution < -0.4 is 0 Å². The minimum absolute atomic E-state index is 0.0915. The van der Waals surface area contributed by atoms with Crippen LogP contribution in [0, 0.1) is 13.8 Å². The van der Waals surface area contributed by atoms with E-state index in [1.165, 1.54) is 5.56 Å². The Morgan fingerprint density at radius 1 is 1.12 bits per heavy atom. The van der Waals surface area contributed by atoms with Crippen LogP contribution in [0.2, 0.25) is 4.34 Å². The van der Waals surface area contributed by atoms with Crippen LogP contribution in [0.4, 0.5) is 0 Å². The van der Waals surface area contributed by atoms with Crippen molar-refractivity contribution >= 4 is 61.8 Å². The van der Waals surface area contributed by atoms with E-state index in [1.807, 2.05) is 6.92 Å². The van der Waals surface area contributed by atoms with Gasteiger partial charge >= 0.3 is 0 Å². The Bertz CT molecular complexity index is 431. The van der Waals surface area contributed by atoms with E-state index in [1.54, 1.807) is 22.7 Å². The van der Waals surface area contributed by atoms with Crippen molar-refractivity contribution in [2.24, 2.45) is 0 Å². The van der Waals surface area contributed by atoms with E-state index in [0.29, 0.717) is 0 Å². The summed E-state index contributed by atoms with van der Waals surface area (Å²) in [4.78, 5) is 2.27. The molecule has 0 bridgehead atoms. The average Bonchev–Trinajstić information content (AvgIpc) is 2.72. The van der Waals surface area contributed by atoms with Gasteiger partial charge in [-0.3, -0.25) is 0 Å². The first-order valence-electron chi connectivity index (χ1n) is 4.64. The molecule has 0 radical (unpaired) electrons. The van der Waals surface area contributed by atoms with E-state index in [4.69, 9.17) is 23.2 Å². The van der Waals surface area contributed by atoms with E-state index in [2.05, 4.69) is 35.0 Å². The Morgan fingerprint density at radius 2 is 1.69 bits per heavy atom. The molecule has 0 fully saturated rings. The zero-order valence-electron chi connectivity index (χ0n) is 8.68. The third-order valence-corrected chi connectivity index (χ3v) is 6.80. The topological polar surface area (TPSA) is 0 Å². The summed E-state index contributed by atoms with van der Waals surface area (Å²) in [6.07, 6.45) is 0. The summed E-state index contributed by atoms with van der Waals surface area (Å²) in [6.45, 7) is 4.07. The van der Waals surface area contributed by atoms with Gasteiger partial charge in [-0.15, -0.1) is 34.3 Å². The van der Waals surface area contributed by atoms with Gasteiger partial charge in [0.2, 0.25) is 0 Å². The predicted octanol–water partition coefficient (Wildman–Crippen LogP) is 6.17. The lowest BCUT2D eigenvalue weighted by Gasteiger charge is -2.02. The Labute approximate surface area is 121 Å². The van der Waals surface area contributed by atoms with Crippen LogP contribution in [0.15, 0.2) is 15.9 Å². The number of aryl methyl sites for hydroxylation is 2. The molecule has 0 aliphatic carbocycles. The second-order valence-corrected chi connectivity index (χ2v) is 8.10. The average molecular weight is 356 g/mol. The van der Waals surface area contributed by atoms with Gasteiger partial charge in [0.25, 0.3) is 0 Å². The molecule has 0 aliphatic rings. The van der Waals surface area contributed by atoms with Gasteiger partial charge in [-0.1, -0.05) is 11.6 Å². The highest BCUT2D eigenvalue weighted by atomic mass is 79.9. The molecule has 1 atom stereocenters. The SMILES string of the molecule is Cc1cc(C(Cl)c2cc(C)c(Br)s2)sc1Cl. The molecule has 5 heteroatoms. The first kappa shape index (κ1) is 12.9. The predicted molar refractivity (Wildman–Crippen MR) is 78.5 cm³/mol. The summed E-state index contributed by atoms with van der Waals surface area (Å²) in [7, 11) is 0. The van der Waals surface area contributed by atoms with E-state index in [-0.39, 0.29) is 5.38 Å². The number of alkyl halides is 1. The molecule has 0 aliphatic heterocycles. The monoisotopic (exact) mass is 354 g/mol. The van der Waals surface area contributed by atoms with Gasteiger partial charge in [-0.2, -0.15) is 0 Å². The van der Waals surface area contributed by atoms with Crippen molar-refractivity contribution in [2.45, 2.75) is 19.2 Å². The molecule has 2 aromatic heterocycles. The zero-order chi connectivity index (χ0) is 11.9. The number of hydrogen-bond donors (Lipinski definition) is 0. The quantitative estimate of drug-likeness (QED) is 0.565. The first-order chi connectivity index (χ1) is 7.49. The molecule has 86 valence electrons. The Kier molecular flexibility index (Phi) is 4.02. The van der Waals surface area contributed by atoms with Crippen LogP contribution in [-0.4, -0.2) is 0 Å². The molecule has 0 spiro atoms. The lowest BCUT2D eigenvalue weighted by Crippen LogP contribution is -1.84. The van der Waals surface area contributed by atoms with Crippen LogP contribution in [0.5, 0.6) is 0 Å². The largest absolute Gasteiger partial charge is 0.131 e. The lowest BCUT2D eigenvalue weighted by atomic mass is 10.2. The van der Waals surface area contributed by atoms with Gasteiger partial charge in [0.15, 0.2) is 0 Å². The van der Waals surface area contributed by atoms with E-state index >= 15 is 0 Å². The second kappa shape index (κ2) is 4.99. The maximum absolute atomic E-state index is 6.44. The summed E-state index contributed by atoms with van der Waals surface area (Å²) >= 11 is 19.2. The van der Waals surface area contributed by atoms with Crippen molar-refractivity contribution in [3.63, 3.8) is 0 Å². The molecule has 0 saturated carbocycles. The van der Waals surface area contributed by atoms with Crippen molar-refractivity contribution in [3.05, 3.63) is 41.1 Å². The molecule has 0 nitrogen and oxygen atoms in total. The Balaban J connectivity index is 2.34. The smallest absolute Gasteiger partial charge is 0.102 e. The van der Waals surface area contributed by atoms with Crippen LogP contribution in [-0.2, 0) is 0 Å². The van der Waals surface area contributed by atoms with E-state index in [0.717, 1.165) is 23.4 Å². The van der Waals surface area contributed by atoms with Crippen LogP contribution in [0.25, 0.3) is 0 Å². The van der Waals surface area contributed by atoms with Gasteiger partial charge in [0.1, 0.15) is 5.38 Å². The van der Waals surface area contributed by atoms with Crippen molar-refractivity contribution in [1.82, 2.24) is 0 Å². The molecule has 2 heterocycles.